The molecule has 0 spiro atoms. The van der Waals surface area contributed by atoms with Crippen LogP contribution in [0.15, 0.2) is 52.4 Å². The zero-order chi connectivity index (χ0) is 23.7. The maximum atomic E-state index is 13.3. The van der Waals surface area contributed by atoms with Crippen LogP contribution in [0, 0.1) is 12.7 Å². The zero-order valence-electron chi connectivity index (χ0n) is 17.5. The molecule has 0 aliphatic carbocycles. The number of halogens is 1. The monoisotopic (exact) mass is 483 g/mol. The molecule has 0 aliphatic heterocycles. The van der Waals surface area contributed by atoms with Crippen molar-refractivity contribution in [3.8, 4) is 16.9 Å². The van der Waals surface area contributed by atoms with Crippen molar-refractivity contribution in [2.45, 2.75) is 24.3 Å². The number of phenolic OH excluding ortho intramolecular Hbond substituents is 1. The molecule has 0 bridgehead atoms. The fourth-order valence-corrected chi connectivity index (χ4v) is 5.20. The SMILES string of the molecule is Cc1sc2nc(SC(C)C(=O)Nc3cc(C=O)ccc3O)[nH]c(=O)c2c1-c1ccc(F)cc1. The van der Waals surface area contributed by atoms with Crippen molar-refractivity contribution in [2.24, 2.45) is 0 Å². The second-order valence-electron chi connectivity index (χ2n) is 7.24. The van der Waals surface area contributed by atoms with Gasteiger partial charge in [0.25, 0.3) is 5.56 Å². The van der Waals surface area contributed by atoms with Gasteiger partial charge >= 0.3 is 0 Å². The Balaban J connectivity index is 1.59. The molecule has 2 heterocycles. The summed E-state index contributed by atoms with van der Waals surface area (Å²) in [6, 6.07) is 10.0. The molecule has 0 saturated carbocycles. The number of aromatic hydroxyl groups is 1. The first-order valence-corrected chi connectivity index (χ1v) is 11.5. The van der Waals surface area contributed by atoms with Crippen molar-refractivity contribution >= 4 is 51.2 Å². The van der Waals surface area contributed by atoms with E-state index in [1.807, 2.05) is 6.92 Å². The maximum absolute atomic E-state index is 13.3. The van der Waals surface area contributed by atoms with Gasteiger partial charge in [0.05, 0.1) is 16.3 Å². The number of phenols is 1. The Hall–Kier alpha value is -3.50. The number of hydrogen-bond acceptors (Lipinski definition) is 7. The summed E-state index contributed by atoms with van der Waals surface area (Å²) in [5.41, 5.74) is 1.50. The summed E-state index contributed by atoms with van der Waals surface area (Å²) in [6.07, 6.45) is 0.611. The van der Waals surface area contributed by atoms with Gasteiger partial charge in [-0.3, -0.25) is 14.4 Å². The Kier molecular flexibility index (Phi) is 6.30. The standard InChI is InChI=1S/C23H18FN3O4S2/c1-11-18(14-4-6-15(24)7-5-14)19-21(31)26-23(27-22(19)32-11)33-12(2)20(30)25-16-9-13(10-28)3-8-17(16)29/h3-10,12,29H,1-2H3,(H,25,30)(H,26,27,31). The third-order valence-corrected chi connectivity index (χ3v) is 6.90. The molecule has 0 radical (unpaired) electrons. The number of anilines is 1. The number of aromatic amines is 1. The average Bonchev–Trinajstić information content (AvgIpc) is 3.12. The number of fused-ring (bicyclic) bond motifs is 1. The Morgan fingerprint density at radius 2 is 2.00 bits per heavy atom. The van der Waals surface area contributed by atoms with Gasteiger partial charge in [-0.25, -0.2) is 9.37 Å². The lowest BCUT2D eigenvalue weighted by molar-refractivity contribution is -0.115. The molecule has 0 saturated heterocycles. The van der Waals surface area contributed by atoms with E-state index in [9.17, 15) is 23.9 Å². The van der Waals surface area contributed by atoms with Crippen LogP contribution in [-0.2, 0) is 4.79 Å². The number of carbonyl (C=O) groups excluding carboxylic acids is 2. The molecular formula is C23H18FN3O4S2. The van der Waals surface area contributed by atoms with Crippen LogP contribution >= 0.6 is 23.1 Å². The quantitative estimate of drug-likeness (QED) is 0.158. The van der Waals surface area contributed by atoms with Crippen molar-refractivity contribution in [3.05, 3.63) is 69.1 Å². The summed E-state index contributed by atoms with van der Waals surface area (Å²) < 4.78 is 13.3. The molecular weight excluding hydrogens is 465 g/mol. The highest BCUT2D eigenvalue weighted by atomic mass is 32.2. The molecule has 2 aromatic carbocycles. The Morgan fingerprint density at radius 1 is 1.27 bits per heavy atom. The summed E-state index contributed by atoms with van der Waals surface area (Å²) in [7, 11) is 0. The number of H-pyrrole nitrogens is 1. The highest BCUT2D eigenvalue weighted by molar-refractivity contribution is 8.00. The molecule has 1 amide bonds. The molecule has 168 valence electrons. The number of aldehydes is 1. The van der Waals surface area contributed by atoms with Crippen molar-refractivity contribution in [2.75, 3.05) is 5.32 Å². The van der Waals surface area contributed by atoms with Gasteiger partial charge in [0.1, 0.15) is 22.7 Å². The fourth-order valence-electron chi connectivity index (χ4n) is 3.30. The molecule has 4 rings (SSSR count). The fraction of sp³-hybridized carbons (Fsp3) is 0.130. The Labute approximate surface area is 195 Å². The summed E-state index contributed by atoms with van der Waals surface area (Å²) in [6.45, 7) is 3.50. The summed E-state index contributed by atoms with van der Waals surface area (Å²) in [5, 5.41) is 12.5. The van der Waals surface area contributed by atoms with E-state index in [0.29, 0.717) is 27.6 Å². The maximum Gasteiger partial charge on any atom is 0.260 e. The number of aryl methyl sites for hydroxylation is 1. The van der Waals surface area contributed by atoms with Crippen LogP contribution in [0.5, 0.6) is 5.75 Å². The lowest BCUT2D eigenvalue weighted by Crippen LogP contribution is -2.23. The van der Waals surface area contributed by atoms with Crippen LogP contribution in [0.25, 0.3) is 21.3 Å². The highest BCUT2D eigenvalue weighted by Gasteiger charge is 2.21. The highest BCUT2D eigenvalue weighted by Crippen LogP contribution is 2.36. The van der Waals surface area contributed by atoms with Gasteiger partial charge < -0.3 is 15.4 Å². The molecule has 1 unspecified atom stereocenters. The number of carbonyl (C=O) groups is 2. The smallest absolute Gasteiger partial charge is 0.260 e. The van der Waals surface area contributed by atoms with Gasteiger partial charge in [-0.05, 0) is 49.7 Å². The van der Waals surface area contributed by atoms with Crippen LogP contribution in [0.2, 0.25) is 0 Å². The zero-order valence-corrected chi connectivity index (χ0v) is 19.1. The number of thiophene rings is 1. The predicted molar refractivity (Wildman–Crippen MR) is 128 cm³/mol. The molecule has 3 N–H and O–H groups in total. The first-order valence-electron chi connectivity index (χ1n) is 9.82. The van der Waals surface area contributed by atoms with Gasteiger partial charge in [0, 0.05) is 16.0 Å². The van der Waals surface area contributed by atoms with Gasteiger partial charge in [-0.15, -0.1) is 11.3 Å². The Morgan fingerprint density at radius 3 is 2.70 bits per heavy atom. The Bertz CT molecular complexity index is 1430. The lowest BCUT2D eigenvalue weighted by atomic mass is 10.0. The van der Waals surface area contributed by atoms with Gasteiger partial charge in [-0.2, -0.15) is 0 Å². The number of nitrogens with zero attached hydrogens (tertiary/aromatic N) is 1. The van der Waals surface area contributed by atoms with E-state index >= 15 is 0 Å². The van der Waals surface area contributed by atoms with Crippen LogP contribution in [0.1, 0.15) is 22.2 Å². The number of rotatable bonds is 6. The lowest BCUT2D eigenvalue weighted by Gasteiger charge is -2.12. The molecule has 0 aliphatic rings. The van der Waals surface area contributed by atoms with E-state index in [2.05, 4.69) is 15.3 Å². The minimum atomic E-state index is -0.664. The van der Waals surface area contributed by atoms with Gasteiger partial charge in [0.2, 0.25) is 5.91 Å². The third-order valence-electron chi connectivity index (χ3n) is 4.92. The molecule has 4 aromatic rings. The molecule has 10 heteroatoms. The number of nitrogens with one attached hydrogen (secondary N) is 2. The first-order chi connectivity index (χ1) is 15.8. The number of thioether (sulfide) groups is 1. The topological polar surface area (TPSA) is 112 Å². The second kappa shape index (κ2) is 9.16. The number of hydrogen-bond donors (Lipinski definition) is 3. The van der Waals surface area contributed by atoms with E-state index in [1.54, 1.807) is 19.1 Å². The van der Waals surface area contributed by atoms with E-state index in [0.717, 1.165) is 22.2 Å². The molecule has 1 atom stereocenters. The number of benzene rings is 2. The van der Waals surface area contributed by atoms with Crippen LogP contribution in [0.4, 0.5) is 10.1 Å². The molecule has 0 fully saturated rings. The predicted octanol–water partition coefficient (Wildman–Crippen LogP) is 4.74. The van der Waals surface area contributed by atoms with E-state index in [-0.39, 0.29) is 28.0 Å². The van der Waals surface area contributed by atoms with Crippen molar-refractivity contribution in [3.63, 3.8) is 0 Å². The van der Waals surface area contributed by atoms with Crippen LogP contribution in [0.3, 0.4) is 0 Å². The van der Waals surface area contributed by atoms with Crippen LogP contribution in [-0.4, -0.2) is 32.5 Å². The largest absolute Gasteiger partial charge is 0.506 e. The third kappa shape index (κ3) is 4.67. The summed E-state index contributed by atoms with van der Waals surface area (Å²) in [5.74, 6) is -0.961. The minimum Gasteiger partial charge on any atom is -0.506 e. The summed E-state index contributed by atoms with van der Waals surface area (Å²) in [4.78, 5) is 45.1. The van der Waals surface area contributed by atoms with E-state index in [4.69, 9.17) is 0 Å². The molecule has 33 heavy (non-hydrogen) atoms. The first kappa shape index (κ1) is 22.7. The normalized spacial score (nSPS) is 12.0. The number of amides is 1. The van der Waals surface area contributed by atoms with Gasteiger partial charge in [-0.1, -0.05) is 23.9 Å². The van der Waals surface area contributed by atoms with Crippen LogP contribution < -0.4 is 10.9 Å². The van der Waals surface area contributed by atoms with Crippen molar-refractivity contribution in [1.29, 1.82) is 0 Å². The average molecular weight is 484 g/mol. The van der Waals surface area contributed by atoms with E-state index < -0.39 is 11.2 Å². The molecule has 7 nitrogen and oxygen atoms in total. The second-order valence-corrected chi connectivity index (χ2v) is 9.77. The van der Waals surface area contributed by atoms with E-state index in [1.165, 1.54) is 41.7 Å². The summed E-state index contributed by atoms with van der Waals surface area (Å²) >= 11 is 2.40. The van der Waals surface area contributed by atoms with Crippen molar-refractivity contribution < 1.29 is 19.1 Å². The van der Waals surface area contributed by atoms with Crippen molar-refractivity contribution in [1.82, 2.24) is 9.97 Å². The minimum absolute atomic E-state index is 0.117. The number of aromatic nitrogens is 2. The van der Waals surface area contributed by atoms with Gasteiger partial charge in [0.15, 0.2) is 5.16 Å². The molecule has 2 aromatic heterocycles.